The summed E-state index contributed by atoms with van der Waals surface area (Å²) in [5, 5.41) is 0. The highest BCUT2D eigenvalue weighted by Crippen LogP contribution is 2.14. The van der Waals surface area contributed by atoms with Crippen molar-refractivity contribution in [2.45, 2.75) is 19.5 Å². The molecule has 0 spiro atoms. The number of alkyl halides is 3. The third-order valence-corrected chi connectivity index (χ3v) is 0.824. The molecule has 0 heterocycles. The van der Waals surface area contributed by atoms with Crippen molar-refractivity contribution < 1.29 is 13.2 Å². The molecule has 0 aliphatic carbocycles. The van der Waals surface area contributed by atoms with Gasteiger partial charge in [-0.15, -0.1) is 0 Å². The minimum Gasteiger partial charge on any atom is -0.387 e. The number of halogens is 3. The molecule has 10 heavy (non-hydrogen) atoms. The van der Waals surface area contributed by atoms with Crippen LogP contribution in [-0.2, 0) is 0 Å². The molecular weight excluding hydrogens is 145 g/mol. The van der Waals surface area contributed by atoms with E-state index < -0.39 is 12.7 Å². The summed E-state index contributed by atoms with van der Waals surface area (Å²) in [6.45, 7) is 0.474. The molecule has 0 saturated carbocycles. The molecule has 0 saturated heterocycles. The SMILES string of the molecule is CCC(N)=NCC(F)(F)F. The van der Waals surface area contributed by atoms with Gasteiger partial charge >= 0.3 is 6.18 Å². The lowest BCUT2D eigenvalue weighted by Gasteiger charge is -2.01. The number of amidine groups is 1. The van der Waals surface area contributed by atoms with Crippen LogP contribution >= 0.6 is 0 Å². The van der Waals surface area contributed by atoms with Crippen molar-refractivity contribution in [3.63, 3.8) is 0 Å². The molecule has 0 aromatic rings. The molecule has 0 aliphatic rings. The molecule has 0 unspecified atom stereocenters. The van der Waals surface area contributed by atoms with Crippen molar-refractivity contribution >= 4 is 5.84 Å². The highest BCUT2D eigenvalue weighted by Gasteiger charge is 2.26. The van der Waals surface area contributed by atoms with E-state index in [1.54, 1.807) is 6.92 Å². The first-order chi connectivity index (χ1) is 4.45. The summed E-state index contributed by atoms with van der Waals surface area (Å²) in [4.78, 5) is 3.08. The fraction of sp³-hybridized carbons (Fsp3) is 0.800. The molecule has 0 bridgehead atoms. The lowest BCUT2D eigenvalue weighted by Crippen LogP contribution is -2.17. The van der Waals surface area contributed by atoms with Crippen LogP contribution in [-0.4, -0.2) is 18.6 Å². The van der Waals surface area contributed by atoms with Gasteiger partial charge < -0.3 is 5.73 Å². The summed E-state index contributed by atoms with van der Waals surface area (Å²) in [5.74, 6) is 0.0392. The van der Waals surface area contributed by atoms with Crippen molar-refractivity contribution in [1.29, 1.82) is 0 Å². The van der Waals surface area contributed by atoms with Crippen LogP contribution in [0.1, 0.15) is 13.3 Å². The van der Waals surface area contributed by atoms with E-state index in [2.05, 4.69) is 4.99 Å². The van der Waals surface area contributed by atoms with Crippen molar-refractivity contribution in [2.24, 2.45) is 10.7 Å². The number of nitrogens with two attached hydrogens (primary N) is 1. The Kier molecular flexibility index (Phi) is 3.18. The summed E-state index contributed by atoms with van der Waals surface area (Å²) >= 11 is 0. The van der Waals surface area contributed by atoms with Gasteiger partial charge in [0.1, 0.15) is 6.54 Å². The number of hydrogen-bond donors (Lipinski definition) is 1. The first-order valence-corrected chi connectivity index (χ1v) is 2.81. The molecule has 2 N–H and O–H groups in total. The molecule has 0 atom stereocenters. The van der Waals surface area contributed by atoms with Crippen LogP contribution in [0.3, 0.4) is 0 Å². The minimum absolute atomic E-state index is 0.0392. The molecular formula is C5H9F3N2. The average Bonchev–Trinajstić information content (AvgIpc) is 1.81. The van der Waals surface area contributed by atoms with Gasteiger partial charge in [0.05, 0.1) is 5.84 Å². The molecule has 0 aliphatic heterocycles. The first kappa shape index (κ1) is 9.26. The van der Waals surface area contributed by atoms with Crippen LogP contribution in [0.15, 0.2) is 4.99 Å². The minimum atomic E-state index is -4.24. The predicted octanol–water partition coefficient (Wildman–Crippen LogP) is 1.32. The van der Waals surface area contributed by atoms with Gasteiger partial charge in [0.15, 0.2) is 0 Å². The van der Waals surface area contributed by atoms with Crippen molar-refractivity contribution in [1.82, 2.24) is 0 Å². The van der Waals surface area contributed by atoms with E-state index in [0.29, 0.717) is 6.42 Å². The third kappa shape index (κ3) is 5.40. The van der Waals surface area contributed by atoms with E-state index in [1.807, 2.05) is 0 Å². The van der Waals surface area contributed by atoms with Crippen molar-refractivity contribution in [3.05, 3.63) is 0 Å². The van der Waals surface area contributed by atoms with Gasteiger partial charge in [-0.2, -0.15) is 13.2 Å². The Morgan fingerprint density at radius 3 is 2.30 bits per heavy atom. The van der Waals surface area contributed by atoms with Gasteiger partial charge in [-0.25, -0.2) is 0 Å². The number of rotatable bonds is 2. The van der Waals surface area contributed by atoms with Gasteiger partial charge in [0.25, 0.3) is 0 Å². The number of aliphatic imine (C=N–C) groups is 1. The monoisotopic (exact) mass is 154 g/mol. The van der Waals surface area contributed by atoms with Gasteiger partial charge in [0.2, 0.25) is 0 Å². The molecule has 0 aromatic heterocycles. The van der Waals surface area contributed by atoms with Crippen LogP contribution in [0, 0.1) is 0 Å². The van der Waals surface area contributed by atoms with E-state index in [-0.39, 0.29) is 5.84 Å². The summed E-state index contributed by atoms with van der Waals surface area (Å²) < 4.78 is 34.2. The Balaban J connectivity index is 3.73. The van der Waals surface area contributed by atoms with Crippen LogP contribution in [0.25, 0.3) is 0 Å². The second-order valence-corrected chi connectivity index (χ2v) is 1.78. The first-order valence-electron chi connectivity index (χ1n) is 2.81. The molecule has 0 radical (unpaired) electrons. The fourth-order valence-corrected chi connectivity index (χ4v) is 0.303. The largest absolute Gasteiger partial charge is 0.408 e. The molecule has 0 fully saturated rings. The highest BCUT2D eigenvalue weighted by molar-refractivity contribution is 5.79. The van der Waals surface area contributed by atoms with Crippen LogP contribution < -0.4 is 5.73 Å². The lowest BCUT2D eigenvalue weighted by atomic mass is 10.4. The van der Waals surface area contributed by atoms with Crippen LogP contribution in [0.2, 0.25) is 0 Å². The smallest absolute Gasteiger partial charge is 0.387 e. The fourth-order valence-electron chi connectivity index (χ4n) is 0.303. The zero-order valence-corrected chi connectivity index (χ0v) is 5.57. The van der Waals surface area contributed by atoms with E-state index in [9.17, 15) is 13.2 Å². The Labute approximate surface area is 56.9 Å². The second kappa shape index (κ2) is 3.43. The number of nitrogens with zero attached hydrogens (tertiary/aromatic N) is 1. The summed E-state index contributed by atoms with van der Waals surface area (Å²) in [6, 6.07) is 0. The number of hydrogen-bond acceptors (Lipinski definition) is 1. The van der Waals surface area contributed by atoms with E-state index in [0.717, 1.165) is 0 Å². The van der Waals surface area contributed by atoms with Crippen molar-refractivity contribution in [3.8, 4) is 0 Å². The van der Waals surface area contributed by atoms with Crippen LogP contribution in [0.5, 0.6) is 0 Å². The Hall–Kier alpha value is -0.740. The molecule has 0 rings (SSSR count). The maximum Gasteiger partial charge on any atom is 0.408 e. The maximum absolute atomic E-state index is 11.4. The van der Waals surface area contributed by atoms with Gasteiger partial charge in [-0.3, -0.25) is 4.99 Å². The zero-order valence-electron chi connectivity index (χ0n) is 5.57. The summed E-state index contributed by atoms with van der Waals surface area (Å²) in [6.07, 6.45) is -3.88. The molecule has 0 amide bonds. The second-order valence-electron chi connectivity index (χ2n) is 1.78. The lowest BCUT2D eigenvalue weighted by molar-refractivity contribution is -0.118. The molecule has 2 nitrogen and oxygen atoms in total. The van der Waals surface area contributed by atoms with Gasteiger partial charge in [-0.05, 0) is 0 Å². The molecule has 60 valence electrons. The van der Waals surface area contributed by atoms with E-state index >= 15 is 0 Å². The highest BCUT2D eigenvalue weighted by atomic mass is 19.4. The Morgan fingerprint density at radius 2 is 2.00 bits per heavy atom. The maximum atomic E-state index is 11.4. The molecule has 5 heteroatoms. The standard InChI is InChI=1S/C5H9F3N2/c1-2-4(9)10-3-5(6,7)8/h2-3H2,1H3,(H2,9,10). The van der Waals surface area contributed by atoms with Crippen LogP contribution in [0.4, 0.5) is 13.2 Å². The zero-order chi connectivity index (χ0) is 8.20. The Morgan fingerprint density at radius 1 is 1.50 bits per heavy atom. The normalized spacial score (nSPS) is 13.8. The van der Waals surface area contributed by atoms with E-state index in [1.165, 1.54) is 0 Å². The summed E-state index contributed by atoms with van der Waals surface area (Å²) in [7, 11) is 0. The van der Waals surface area contributed by atoms with Gasteiger partial charge in [0, 0.05) is 6.42 Å². The summed E-state index contributed by atoms with van der Waals surface area (Å²) in [5.41, 5.74) is 5.03. The quantitative estimate of drug-likeness (QED) is 0.472. The average molecular weight is 154 g/mol. The third-order valence-electron chi connectivity index (χ3n) is 0.824. The van der Waals surface area contributed by atoms with Crippen molar-refractivity contribution in [2.75, 3.05) is 6.54 Å². The van der Waals surface area contributed by atoms with E-state index in [4.69, 9.17) is 5.73 Å². The molecule has 0 aromatic carbocycles. The predicted molar refractivity (Wildman–Crippen MR) is 32.8 cm³/mol. The Bertz CT molecular complexity index is 127. The topological polar surface area (TPSA) is 38.4 Å². The van der Waals surface area contributed by atoms with Gasteiger partial charge in [-0.1, -0.05) is 6.92 Å².